The summed E-state index contributed by atoms with van der Waals surface area (Å²) in [5, 5.41) is 12.5. The Labute approximate surface area is 152 Å². The number of aliphatic hydroxyl groups excluding tert-OH is 1. The van der Waals surface area contributed by atoms with E-state index in [1.807, 2.05) is 6.07 Å². The van der Waals surface area contributed by atoms with Crippen molar-refractivity contribution >= 4 is 6.03 Å². The van der Waals surface area contributed by atoms with Crippen molar-refractivity contribution in [2.75, 3.05) is 33.2 Å². The minimum Gasteiger partial charge on any atom is -0.393 e. The molecule has 140 valence electrons. The van der Waals surface area contributed by atoms with Gasteiger partial charge in [0.05, 0.1) is 12.1 Å². The van der Waals surface area contributed by atoms with E-state index in [0.717, 1.165) is 19.0 Å². The van der Waals surface area contributed by atoms with Crippen molar-refractivity contribution in [3.8, 4) is 0 Å². The van der Waals surface area contributed by atoms with E-state index in [1.54, 1.807) is 18.9 Å². The van der Waals surface area contributed by atoms with E-state index >= 15 is 0 Å². The zero-order valence-corrected chi connectivity index (χ0v) is 15.8. The molecule has 0 spiro atoms. The number of rotatable bonds is 7. The zero-order valence-electron chi connectivity index (χ0n) is 15.8. The Balaban J connectivity index is 1.95. The lowest BCUT2D eigenvalue weighted by atomic mass is 9.95. The first-order valence-electron chi connectivity index (χ1n) is 9.43. The molecule has 0 bridgehead atoms. The highest BCUT2D eigenvalue weighted by molar-refractivity contribution is 5.73. The molecule has 1 saturated heterocycles. The fourth-order valence-corrected chi connectivity index (χ4v) is 3.27. The van der Waals surface area contributed by atoms with Crippen LogP contribution in [0.1, 0.15) is 44.7 Å². The summed E-state index contributed by atoms with van der Waals surface area (Å²) in [4.78, 5) is 16.5. The van der Waals surface area contributed by atoms with Gasteiger partial charge in [0.15, 0.2) is 0 Å². The predicted octanol–water partition coefficient (Wildman–Crippen LogP) is 2.87. The Morgan fingerprint density at radius 3 is 2.56 bits per heavy atom. The second-order valence-corrected chi connectivity index (χ2v) is 7.39. The van der Waals surface area contributed by atoms with E-state index < -0.39 is 0 Å². The van der Waals surface area contributed by atoms with Gasteiger partial charge in [-0.3, -0.25) is 4.90 Å². The van der Waals surface area contributed by atoms with Crippen LogP contribution >= 0.6 is 0 Å². The third-order valence-electron chi connectivity index (χ3n) is 5.12. The minimum absolute atomic E-state index is 0.0769. The Kier molecular flexibility index (Phi) is 7.72. The molecule has 25 heavy (non-hydrogen) atoms. The third-order valence-corrected chi connectivity index (χ3v) is 5.12. The molecule has 1 fully saturated rings. The number of hydrogen-bond acceptors (Lipinski definition) is 3. The molecule has 2 unspecified atom stereocenters. The molecular formula is C20H33N3O2. The van der Waals surface area contributed by atoms with Gasteiger partial charge in [0.25, 0.3) is 0 Å². The second-order valence-electron chi connectivity index (χ2n) is 7.39. The number of carbonyl (C=O) groups excluding carboxylic acids is 1. The van der Waals surface area contributed by atoms with Crippen molar-refractivity contribution < 1.29 is 9.90 Å². The van der Waals surface area contributed by atoms with Gasteiger partial charge in [-0.05, 0) is 50.8 Å². The van der Waals surface area contributed by atoms with Gasteiger partial charge in [-0.2, -0.15) is 0 Å². The van der Waals surface area contributed by atoms with Crippen LogP contribution in [-0.2, 0) is 0 Å². The topological polar surface area (TPSA) is 55.8 Å². The molecule has 1 aliphatic heterocycles. The summed E-state index contributed by atoms with van der Waals surface area (Å²) >= 11 is 0. The first-order chi connectivity index (χ1) is 12.0. The molecule has 0 radical (unpaired) electrons. The summed E-state index contributed by atoms with van der Waals surface area (Å²) in [5.41, 5.74) is 1.25. The van der Waals surface area contributed by atoms with Crippen LogP contribution in [0.5, 0.6) is 0 Å². The summed E-state index contributed by atoms with van der Waals surface area (Å²) < 4.78 is 0. The maximum atomic E-state index is 12.3. The Bertz CT molecular complexity index is 513. The molecule has 0 aliphatic carbocycles. The minimum atomic E-state index is -0.386. The number of amides is 2. The number of hydrogen-bond donors (Lipinski definition) is 2. The Hall–Kier alpha value is -1.59. The highest BCUT2D eigenvalue weighted by Crippen LogP contribution is 2.26. The van der Waals surface area contributed by atoms with Crippen molar-refractivity contribution in [1.29, 1.82) is 0 Å². The average molecular weight is 348 g/mol. The van der Waals surface area contributed by atoms with Gasteiger partial charge in [-0.1, -0.05) is 37.3 Å². The smallest absolute Gasteiger partial charge is 0.317 e. The van der Waals surface area contributed by atoms with Crippen molar-refractivity contribution in [3.05, 3.63) is 35.9 Å². The van der Waals surface area contributed by atoms with E-state index in [9.17, 15) is 9.90 Å². The van der Waals surface area contributed by atoms with Crippen molar-refractivity contribution in [3.63, 3.8) is 0 Å². The van der Waals surface area contributed by atoms with Gasteiger partial charge >= 0.3 is 6.03 Å². The summed E-state index contributed by atoms with van der Waals surface area (Å²) in [6.07, 6.45) is 2.63. The summed E-state index contributed by atoms with van der Waals surface area (Å²) in [7, 11) is 1.78. The van der Waals surface area contributed by atoms with E-state index in [-0.39, 0.29) is 18.2 Å². The third kappa shape index (κ3) is 6.33. The van der Waals surface area contributed by atoms with Crippen molar-refractivity contribution in [2.24, 2.45) is 5.92 Å². The Morgan fingerprint density at radius 2 is 1.96 bits per heavy atom. The van der Waals surface area contributed by atoms with Gasteiger partial charge in [-0.25, -0.2) is 4.79 Å². The van der Waals surface area contributed by atoms with Gasteiger partial charge < -0.3 is 15.3 Å². The van der Waals surface area contributed by atoms with E-state index in [0.29, 0.717) is 19.5 Å². The fraction of sp³-hybridized carbons (Fsp3) is 0.650. The number of nitrogens with one attached hydrogen (secondary N) is 1. The number of carbonyl (C=O) groups is 1. The lowest BCUT2D eigenvalue weighted by molar-refractivity contribution is 0.132. The molecule has 1 heterocycles. The number of nitrogens with zero attached hydrogens (tertiary/aromatic N) is 2. The van der Waals surface area contributed by atoms with Crippen LogP contribution in [0, 0.1) is 5.92 Å². The van der Waals surface area contributed by atoms with Crippen LogP contribution in [0.25, 0.3) is 0 Å². The summed E-state index contributed by atoms with van der Waals surface area (Å²) in [6.45, 7) is 7.38. The molecule has 0 aromatic heterocycles. The van der Waals surface area contributed by atoms with Gasteiger partial charge in [0.2, 0.25) is 0 Å². The molecule has 2 N–H and O–H groups in total. The molecular weight excluding hydrogens is 314 g/mol. The molecule has 5 heteroatoms. The van der Waals surface area contributed by atoms with Gasteiger partial charge in [0.1, 0.15) is 0 Å². The largest absolute Gasteiger partial charge is 0.393 e. The first-order valence-corrected chi connectivity index (χ1v) is 9.43. The fourth-order valence-electron chi connectivity index (χ4n) is 3.27. The van der Waals surface area contributed by atoms with Crippen LogP contribution in [0.4, 0.5) is 4.79 Å². The van der Waals surface area contributed by atoms with Crippen molar-refractivity contribution in [1.82, 2.24) is 15.1 Å². The van der Waals surface area contributed by atoms with Crippen LogP contribution in [-0.4, -0.2) is 60.3 Å². The lowest BCUT2D eigenvalue weighted by Gasteiger charge is -2.37. The van der Waals surface area contributed by atoms with Gasteiger partial charge in [-0.15, -0.1) is 0 Å². The first kappa shape index (κ1) is 19.7. The van der Waals surface area contributed by atoms with Crippen LogP contribution in [0.2, 0.25) is 0 Å². The van der Waals surface area contributed by atoms with Crippen LogP contribution in [0.3, 0.4) is 0 Å². The standard InChI is InChI=1S/C20H33N3O2/c1-16-9-13-23(14-10-16)19(18-7-5-4-6-8-18)15-21-20(25)22(3)12-11-17(2)24/h4-8,16-17,19,24H,9-15H2,1-3H3,(H,21,25). The SMILES string of the molecule is CC(O)CCN(C)C(=O)NCC(c1ccccc1)N1CCC(C)CC1. The molecule has 1 aromatic rings. The number of likely N-dealkylation sites (tertiary alicyclic amines) is 1. The van der Waals surface area contributed by atoms with E-state index in [2.05, 4.69) is 41.4 Å². The zero-order chi connectivity index (χ0) is 18.2. The number of piperidine rings is 1. The maximum absolute atomic E-state index is 12.3. The van der Waals surface area contributed by atoms with Crippen LogP contribution < -0.4 is 5.32 Å². The predicted molar refractivity (Wildman–Crippen MR) is 101 cm³/mol. The average Bonchev–Trinajstić information content (AvgIpc) is 2.62. The lowest BCUT2D eigenvalue weighted by Crippen LogP contribution is -2.45. The number of benzene rings is 1. The maximum Gasteiger partial charge on any atom is 0.317 e. The molecule has 1 aliphatic rings. The van der Waals surface area contributed by atoms with E-state index in [1.165, 1.54) is 18.4 Å². The molecule has 2 amide bonds. The van der Waals surface area contributed by atoms with Crippen LogP contribution in [0.15, 0.2) is 30.3 Å². The summed E-state index contributed by atoms with van der Waals surface area (Å²) in [6, 6.07) is 10.6. The molecule has 1 aromatic carbocycles. The monoisotopic (exact) mass is 347 g/mol. The highest BCUT2D eigenvalue weighted by Gasteiger charge is 2.25. The number of urea groups is 1. The molecule has 2 atom stereocenters. The second kappa shape index (κ2) is 9.78. The Morgan fingerprint density at radius 1 is 1.32 bits per heavy atom. The van der Waals surface area contributed by atoms with Gasteiger partial charge in [0, 0.05) is 20.1 Å². The molecule has 5 nitrogen and oxygen atoms in total. The number of aliphatic hydroxyl groups is 1. The summed E-state index contributed by atoms with van der Waals surface area (Å²) in [5.74, 6) is 0.786. The molecule has 2 rings (SSSR count). The van der Waals surface area contributed by atoms with Crippen molar-refractivity contribution in [2.45, 2.75) is 45.3 Å². The molecule has 0 saturated carbocycles. The van der Waals surface area contributed by atoms with E-state index in [4.69, 9.17) is 0 Å². The normalized spacial score (nSPS) is 18.6. The quantitative estimate of drug-likeness (QED) is 0.797. The highest BCUT2D eigenvalue weighted by atomic mass is 16.3.